The molecule has 0 aromatic heterocycles. The zero-order chi connectivity index (χ0) is 9.19. The molecular formula is C8H11ClF2O. The van der Waals surface area contributed by atoms with E-state index < -0.39 is 5.92 Å². The van der Waals surface area contributed by atoms with Crippen molar-refractivity contribution in [3.63, 3.8) is 0 Å². The maximum atomic E-state index is 12.6. The molecule has 1 nitrogen and oxygen atoms in total. The number of hydrogen-bond donors (Lipinski definition) is 0. The molecule has 0 saturated heterocycles. The summed E-state index contributed by atoms with van der Waals surface area (Å²) >= 11 is 5.32. The van der Waals surface area contributed by atoms with Gasteiger partial charge in [-0.3, -0.25) is 4.79 Å². The zero-order valence-corrected chi connectivity index (χ0v) is 7.41. The van der Waals surface area contributed by atoms with Crippen molar-refractivity contribution in [2.75, 3.05) is 5.88 Å². The van der Waals surface area contributed by atoms with Gasteiger partial charge in [-0.15, -0.1) is 11.6 Å². The van der Waals surface area contributed by atoms with Gasteiger partial charge in [0.1, 0.15) is 0 Å². The molecule has 0 N–H and O–H groups in total. The Bertz CT molecular complexity index is 172. The van der Waals surface area contributed by atoms with Crippen molar-refractivity contribution in [1.82, 2.24) is 0 Å². The molecule has 0 spiro atoms. The summed E-state index contributed by atoms with van der Waals surface area (Å²) in [7, 11) is 0. The third kappa shape index (κ3) is 2.41. The van der Waals surface area contributed by atoms with Crippen molar-refractivity contribution >= 4 is 17.4 Å². The number of carbonyl (C=O) groups is 1. The van der Waals surface area contributed by atoms with E-state index in [1.165, 1.54) is 0 Å². The first-order chi connectivity index (χ1) is 5.55. The fraction of sp³-hybridized carbons (Fsp3) is 0.875. The highest BCUT2D eigenvalue weighted by Gasteiger charge is 2.36. The van der Waals surface area contributed by atoms with E-state index in [2.05, 4.69) is 0 Å². The van der Waals surface area contributed by atoms with Gasteiger partial charge in [-0.25, -0.2) is 8.78 Å². The van der Waals surface area contributed by atoms with Crippen molar-refractivity contribution in [1.29, 1.82) is 0 Å². The standard InChI is InChI=1S/C8H11ClF2O/c9-5-7(12)6-1-3-8(10,11)4-2-6/h6H,1-5H2. The van der Waals surface area contributed by atoms with Gasteiger partial charge in [-0.2, -0.15) is 0 Å². The van der Waals surface area contributed by atoms with E-state index in [4.69, 9.17) is 11.6 Å². The van der Waals surface area contributed by atoms with Crippen molar-refractivity contribution < 1.29 is 13.6 Å². The summed E-state index contributed by atoms with van der Waals surface area (Å²) in [5.74, 6) is -2.91. The maximum absolute atomic E-state index is 12.6. The normalized spacial score (nSPS) is 23.9. The van der Waals surface area contributed by atoms with Crippen LogP contribution in [0.3, 0.4) is 0 Å². The highest BCUT2D eigenvalue weighted by atomic mass is 35.5. The molecule has 0 heterocycles. The Morgan fingerprint density at radius 1 is 1.42 bits per heavy atom. The monoisotopic (exact) mass is 196 g/mol. The average molecular weight is 197 g/mol. The Labute approximate surface area is 75.1 Å². The van der Waals surface area contributed by atoms with Crippen LogP contribution in [-0.4, -0.2) is 17.6 Å². The van der Waals surface area contributed by atoms with Gasteiger partial charge in [0, 0.05) is 18.8 Å². The minimum absolute atomic E-state index is 0.0454. The van der Waals surface area contributed by atoms with Crippen LogP contribution in [0.5, 0.6) is 0 Å². The fourth-order valence-electron chi connectivity index (χ4n) is 1.47. The van der Waals surface area contributed by atoms with Crippen LogP contribution in [0, 0.1) is 5.92 Å². The van der Waals surface area contributed by atoms with Gasteiger partial charge < -0.3 is 0 Å². The molecular weight excluding hydrogens is 186 g/mol. The van der Waals surface area contributed by atoms with Gasteiger partial charge >= 0.3 is 0 Å². The lowest BCUT2D eigenvalue weighted by Gasteiger charge is -2.26. The van der Waals surface area contributed by atoms with Gasteiger partial charge in [0.2, 0.25) is 5.92 Å². The van der Waals surface area contributed by atoms with Gasteiger partial charge in [0.25, 0.3) is 0 Å². The maximum Gasteiger partial charge on any atom is 0.248 e. The predicted molar refractivity (Wildman–Crippen MR) is 42.6 cm³/mol. The summed E-state index contributed by atoms with van der Waals surface area (Å²) < 4.78 is 25.2. The third-order valence-corrected chi connectivity index (χ3v) is 2.57. The zero-order valence-electron chi connectivity index (χ0n) is 6.66. The van der Waals surface area contributed by atoms with Gasteiger partial charge in [-0.05, 0) is 12.8 Å². The summed E-state index contributed by atoms with van der Waals surface area (Å²) in [6.45, 7) is 0. The van der Waals surface area contributed by atoms with Crippen LogP contribution in [0.25, 0.3) is 0 Å². The van der Waals surface area contributed by atoms with Crippen LogP contribution >= 0.6 is 11.6 Å². The number of halogens is 3. The van der Waals surface area contributed by atoms with Crippen LogP contribution in [0.15, 0.2) is 0 Å². The second kappa shape index (κ2) is 3.69. The van der Waals surface area contributed by atoms with Crippen molar-refractivity contribution in [2.24, 2.45) is 5.92 Å². The molecule has 0 amide bonds. The molecule has 0 radical (unpaired) electrons. The summed E-state index contributed by atoms with van der Waals surface area (Å²) in [5, 5.41) is 0. The van der Waals surface area contributed by atoms with E-state index in [1.807, 2.05) is 0 Å². The Morgan fingerprint density at radius 2 is 1.92 bits per heavy atom. The second-order valence-corrected chi connectivity index (χ2v) is 3.50. The molecule has 1 saturated carbocycles. The summed E-state index contributed by atoms with van der Waals surface area (Å²) in [5.41, 5.74) is 0. The molecule has 0 aromatic rings. The first kappa shape index (κ1) is 9.90. The van der Waals surface area contributed by atoms with E-state index in [1.54, 1.807) is 0 Å². The number of hydrogen-bond acceptors (Lipinski definition) is 1. The second-order valence-electron chi connectivity index (χ2n) is 3.23. The van der Waals surface area contributed by atoms with Crippen LogP contribution in [0.4, 0.5) is 8.78 Å². The molecule has 1 aliphatic carbocycles. The molecule has 0 aliphatic heterocycles. The lowest BCUT2D eigenvalue weighted by Crippen LogP contribution is -2.29. The predicted octanol–water partition coefficient (Wildman–Crippen LogP) is 2.62. The topological polar surface area (TPSA) is 17.1 Å². The Hall–Kier alpha value is -0.180. The van der Waals surface area contributed by atoms with Gasteiger partial charge in [0.15, 0.2) is 5.78 Å². The number of rotatable bonds is 2. The SMILES string of the molecule is O=C(CCl)C1CCC(F)(F)CC1. The molecule has 1 rings (SSSR count). The van der Waals surface area contributed by atoms with Crippen LogP contribution < -0.4 is 0 Å². The summed E-state index contributed by atoms with van der Waals surface area (Å²) in [6.07, 6.45) is 0.248. The van der Waals surface area contributed by atoms with Crippen molar-refractivity contribution in [3.05, 3.63) is 0 Å². The largest absolute Gasteiger partial charge is 0.298 e. The lowest BCUT2D eigenvalue weighted by molar-refractivity contribution is -0.124. The molecule has 0 bridgehead atoms. The van der Waals surface area contributed by atoms with Crippen LogP contribution in [0.2, 0.25) is 0 Å². The Morgan fingerprint density at radius 3 is 2.33 bits per heavy atom. The summed E-state index contributed by atoms with van der Waals surface area (Å²) in [4.78, 5) is 11.0. The minimum atomic E-state index is -2.55. The molecule has 4 heteroatoms. The molecule has 1 fully saturated rings. The first-order valence-corrected chi connectivity index (χ1v) is 4.55. The highest BCUT2D eigenvalue weighted by Crippen LogP contribution is 2.36. The summed E-state index contributed by atoms with van der Waals surface area (Å²) in [6, 6.07) is 0. The van der Waals surface area contributed by atoms with E-state index in [0.717, 1.165) is 0 Å². The van der Waals surface area contributed by atoms with Gasteiger partial charge in [-0.1, -0.05) is 0 Å². The fourth-order valence-corrected chi connectivity index (χ4v) is 1.69. The molecule has 1 aliphatic rings. The van der Waals surface area contributed by atoms with Crippen LogP contribution in [-0.2, 0) is 4.79 Å². The van der Waals surface area contributed by atoms with Gasteiger partial charge in [0.05, 0.1) is 5.88 Å². The molecule has 12 heavy (non-hydrogen) atoms. The number of ketones is 1. The third-order valence-electron chi connectivity index (χ3n) is 2.30. The first-order valence-electron chi connectivity index (χ1n) is 4.02. The number of Topliss-reactive ketones (excluding diaryl/α,β-unsaturated/α-hetero) is 1. The molecule has 0 atom stereocenters. The lowest BCUT2D eigenvalue weighted by atomic mass is 9.84. The molecule has 70 valence electrons. The average Bonchev–Trinajstić information content (AvgIpc) is 2.03. The number of carbonyl (C=O) groups excluding carboxylic acids is 1. The molecule has 0 aromatic carbocycles. The van der Waals surface area contributed by atoms with E-state index in [-0.39, 0.29) is 30.4 Å². The van der Waals surface area contributed by atoms with E-state index in [0.29, 0.717) is 12.8 Å². The van der Waals surface area contributed by atoms with E-state index >= 15 is 0 Å². The highest BCUT2D eigenvalue weighted by molar-refractivity contribution is 6.27. The smallest absolute Gasteiger partial charge is 0.248 e. The quantitative estimate of drug-likeness (QED) is 0.621. The molecule has 0 unspecified atom stereocenters. The van der Waals surface area contributed by atoms with E-state index in [9.17, 15) is 13.6 Å². The number of alkyl halides is 3. The Kier molecular flexibility index (Phi) is 3.04. The van der Waals surface area contributed by atoms with Crippen molar-refractivity contribution in [3.8, 4) is 0 Å². The van der Waals surface area contributed by atoms with Crippen molar-refractivity contribution in [2.45, 2.75) is 31.6 Å². The van der Waals surface area contributed by atoms with Crippen LogP contribution in [0.1, 0.15) is 25.7 Å². The minimum Gasteiger partial charge on any atom is -0.298 e. The Balaban J connectivity index is 2.41.